The Kier molecular flexibility index (Phi) is 12.0. The molecule has 1 aliphatic heterocycles. The van der Waals surface area contributed by atoms with Gasteiger partial charge >= 0.3 is 0 Å². The van der Waals surface area contributed by atoms with Crippen LogP contribution in [0.3, 0.4) is 0 Å². The van der Waals surface area contributed by atoms with E-state index in [1.807, 2.05) is 13.8 Å². The third-order valence-electron chi connectivity index (χ3n) is 4.29. The Labute approximate surface area is 140 Å². The molecule has 1 unspecified atom stereocenters. The van der Waals surface area contributed by atoms with E-state index in [1.54, 1.807) is 5.57 Å². The molecule has 0 bridgehead atoms. The van der Waals surface area contributed by atoms with Crippen molar-refractivity contribution < 1.29 is 0 Å². The van der Waals surface area contributed by atoms with Gasteiger partial charge in [0.1, 0.15) is 0 Å². The van der Waals surface area contributed by atoms with Crippen molar-refractivity contribution in [3.8, 4) is 0 Å². The Morgan fingerprint density at radius 3 is 2.14 bits per heavy atom. The summed E-state index contributed by atoms with van der Waals surface area (Å²) in [7, 11) is 0. The van der Waals surface area contributed by atoms with Gasteiger partial charge in [0, 0.05) is 24.7 Å². The smallest absolute Gasteiger partial charge is 0.0359 e. The minimum atomic E-state index is 0.711. The van der Waals surface area contributed by atoms with Gasteiger partial charge in [-0.15, -0.1) is 0 Å². The van der Waals surface area contributed by atoms with Crippen LogP contribution in [0.1, 0.15) is 80.1 Å². The van der Waals surface area contributed by atoms with E-state index in [2.05, 4.69) is 57.4 Å². The number of hydrogen-bond donors (Lipinski definition) is 0. The molecule has 2 aliphatic rings. The van der Waals surface area contributed by atoms with E-state index in [9.17, 15) is 0 Å². The lowest BCUT2D eigenvalue weighted by Gasteiger charge is -2.42. The topological polar surface area (TPSA) is 3.24 Å². The second kappa shape index (κ2) is 12.6. The highest BCUT2D eigenvalue weighted by Crippen LogP contribution is 2.31. The summed E-state index contributed by atoms with van der Waals surface area (Å²) >= 11 is 0. The van der Waals surface area contributed by atoms with Crippen LogP contribution < -0.4 is 0 Å². The maximum atomic E-state index is 4.00. The molecule has 0 radical (unpaired) electrons. The van der Waals surface area contributed by atoms with E-state index >= 15 is 0 Å². The van der Waals surface area contributed by atoms with Gasteiger partial charge in [0.05, 0.1) is 0 Å². The molecule has 128 valence electrons. The fourth-order valence-electron chi connectivity index (χ4n) is 2.78. The number of rotatable bonds is 5. The van der Waals surface area contributed by atoms with Crippen LogP contribution in [0.15, 0.2) is 36.1 Å². The lowest BCUT2D eigenvalue weighted by Crippen LogP contribution is -2.42. The third-order valence-corrected chi connectivity index (χ3v) is 4.29. The molecule has 1 saturated heterocycles. The number of hydrogen-bond acceptors (Lipinski definition) is 1. The predicted octanol–water partition coefficient (Wildman–Crippen LogP) is 6.73. The van der Waals surface area contributed by atoms with Gasteiger partial charge in [0.2, 0.25) is 0 Å². The van der Waals surface area contributed by atoms with Gasteiger partial charge in [0.15, 0.2) is 0 Å². The van der Waals surface area contributed by atoms with Crippen LogP contribution in [-0.2, 0) is 0 Å². The molecular formula is C21H39N. The summed E-state index contributed by atoms with van der Waals surface area (Å²) < 4.78 is 0. The normalized spacial score (nSPS) is 22.9. The zero-order valence-corrected chi connectivity index (χ0v) is 16.0. The average molecular weight is 306 g/mol. The fourth-order valence-corrected chi connectivity index (χ4v) is 2.78. The average Bonchev–Trinajstić information content (AvgIpc) is 2.50. The van der Waals surface area contributed by atoms with E-state index in [0.29, 0.717) is 6.04 Å². The van der Waals surface area contributed by atoms with Crippen LogP contribution >= 0.6 is 0 Å². The molecular weight excluding hydrogens is 266 g/mol. The quantitative estimate of drug-likeness (QED) is 0.402. The van der Waals surface area contributed by atoms with Crippen LogP contribution in [0.25, 0.3) is 0 Å². The third kappa shape index (κ3) is 7.87. The first-order chi connectivity index (χ1) is 10.6. The largest absolute Gasteiger partial charge is 0.368 e. The van der Waals surface area contributed by atoms with Crippen LogP contribution in [0.5, 0.6) is 0 Å². The minimum Gasteiger partial charge on any atom is -0.368 e. The summed E-state index contributed by atoms with van der Waals surface area (Å²) in [5.41, 5.74) is 2.94. The molecule has 22 heavy (non-hydrogen) atoms. The SMILES string of the molecule is C=C1CC(C)N1C/C=C\CCCC.CC.CC=C1CC(C)C1. The van der Waals surface area contributed by atoms with Gasteiger partial charge in [-0.05, 0) is 39.0 Å². The van der Waals surface area contributed by atoms with E-state index in [0.717, 1.165) is 12.5 Å². The van der Waals surface area contributed by atoms with Crippen molar-refractivity contribution in [2.24, 2.45) is 5.92 Å². The summed E-state index contributed by atoms with van der Waals surface area (Å²) in [6, 6.07) is 0.711. The van der Waals surface area contributed by atoms with Gasteiger partial charge < -0.3 is 4.90 Å². The summed E-state index contributed by atoms with van der Waals surface area (Å²) in [5, 5.41) is 0. The molecule has 1 atom stereocenters. The van der Waals surface area contributed by atoms with Crippen molar-refractivity contribution in [2.75, 3.05) is 6.54 Å². The van der Waals surface area contributed by atoms with Crippen LogP contribution in [0, 0.1) is 5.92 Å². The Balaban J connectivity index is 0.000000412. The summed E-state index contributed by atoms with van der Waals surface area (Å²) in [6.45, 7) is 18.0. The first-order valence-electron chi connectivity index (χ1n) is 9.31. The minimum absolute atomic E-state index is 0.711. The Bertz CT molecular complexity index is 343. The van der Waals surface area contributed by atoms with Gasteiger partial charge in [-0.3, -0.25) is 0 Å². The van der Waals surface area contributed by atoms with Crippen molar-refractivity contribution in [1.82, 2.24) is 4.90 Å². The monoisotopic (exact) mass is 305 g/mol. The van der Waals surface area contributed by atoms with Crippen molar-refractivity contribution >= 4 is 0 Å². The molecule has 0 aromatic rings. The van der Waals surface area contributed by atoms with Gasteiger partial charge in [-0.25, -0.2) is 0 Å². The first kappa shape index (κ1) is 21.0. The highest BCUT2D eigenvalue weighted by molar-refractivity contribution is 5.11. The van der Waals surface area contributed by atoms with Gasteiger partial charge in [0.25, 0.3) is 0 Å². The van der Waals surface area contributed by atoms with Crippen LogP contribution in [0.4, 0.5) is 0 Å². The van der Waals surface area contributed by atoms with Crippen molar-refractivity contribution in [2.45, 2.75) is 86.1 Å². The zero-order valence-electron chi connectivity index (χ0n) is 16.0. The highest BCUT2D eigenvalue weighted by Gasteiger charge is 2.24. The first-order valence-corrected chi connectivity index (χ1v) is 9.31. The van der Waals surface area contributed by atoms with E-state index in [1.165, 1.54) is 44.2 Å². The maximum absolute atomic E-state index is 4.00. The molecule has 0 N–H and O–H groups in total. The van der Waals surface area contributed by atoms with E-state index in [-0.39, 0.29) is 0 Å². The number of likely N-dealkylation sites (tertiary alicyclic amines) is 1. The second-order valence-electron chi connectivity index (χ2n) is 6.35. The zero-order chi connectivity index (χ0) is 17.0. The fraction of sp³-hybridized carbons (Fsp3) is 0.714. The predicted molar refractivity (Wildman–Crippen MR) is 102 cm³/mol. The number of nitrogens with zero attached hydrogens (tertiary/aromatic N) is 1. The Morgan fingerprint density at radius 2 is 1.77 bits per heavy atom. The standard InChI is InChI=1S/C12H21N.C7H12.C2H6/c1-4-5-6-7-8-9-13-11(2)10-12(13)3;1-3-7-4-6(2)5-7;1-2/h7-8,12H,2,4-6,9-10H2,1,3H3;3,6H,4-5H2,1-2H3;1-2H3/b8-7-;;. The van der Waals surface area contributed by atoms with Gasteiger partial charge in [-0.2, -0.15) is 0 Å². The maximum Gasteiger partial charge on any atom is 0.0359 e. The van der Waals surface area contributed by atoms with E-state index < -0.39 is 0 Å². The molecule has 1 nitrogen and oxygen atoms in total. The van der Waals surface area contributed by atoms with Crippen LogP contribution in [-0.4, -0.2) is 17.5 Å². The lowest BCUT2D eigenvalue weighted by molar-refractivity contribution is 0.193. The van der Waals surface area contributed by atoms with Crippen molar-refractivity contribution in [3.05, 3.63) is 36.1 Å². The lowest BCUT2D eigenvalue weighted by atomic mass is 9.82. The molecule has 1 heteroatoms. The molecule has 1 saturated carbocycles. The van der Waals surface area contributed by atoms with Crippen LogP contribution in [0.2, 0.25) is 0 Å². The molecule has 0 amide bonds. The molecule has 0 aromatic carbocycles. The number of unbranched alkanes of at least 4 members (excludes halogenated alkanes) is 2. The Morgan fingerprint density at radius 1 is 1.14 bits per heavy atom. The van der Waals surface area contributed by atoms with E-state index in [4.69, 9.17) is 0 Å². The number of allylic oxidation sites excluding steroid dienone is 3. The van der Waals surface area contributed by atoms with Crippen molar-refractivity contribution in [1.29, 1.82) is 0 Å². The molecule has 2 fully saturated rings. The second-order valence-corrected chi connectivity index (χ2v) is 6.35. The Hall–Kier alpha value is -0.980. The molecule has 1 heterocycles. The molecule has 2 rings (SSSR count). The molecule has 0 aromatic heterocycles. The highest BCUT2D eigenvalue weighted by atomic mass is 15.2. The van der Waals surface area contributed by atoms with Crippen molar-refractivity contribution in [3.63, 3.8) is 0 Å². The molecule has 1 aliphatic carbocycles. The summed E-state index contributed by atoms with van der Waals surface area (Å²) in [6.07, 6.45) is 14.5. The summed E-state index contributed by atoms with van der Waals surface area (Å²) in [4.78, 5) is 2.36. The van der Waals surface area contributed by atoms with Gasteiger partial charge in [-0.1, -0.05) is 70.9 Å². The summed E-state index contributed by atoms with van der Waals surface area (Å²) in [5.74, 6) is 0.978. The molecule has 0 spiro atoms.